The van der Waals surface area contributed by atoms with Gasteiger partial charge in [-0.1, -0.05) is 20.8 Å². The largest absolute Gasteiger partial charge is 0.462 e. The molecular formula is C14H20FNO4S. The van der Waals surface area contributed by atoms with Gasteiger partial charge in [0, 0.05) is 0 Å². The van der Waals surface area contributed by atoms with E-state index in [2.05, 4.69) is 0 Å². The number of sulfonamides is 1. The third kappa shape index (κ3) is 5.09. The lowest BCUT2D eigenvalue weighted by Crippen LogP contribution is -2.17. The number of aryl methyl sites for hydroxylation is 1. The van der Waals surface area contributed by atoms with Crippen LogP contribution < -0.4 is 5.14 Å². The molecule has 0 fully saturated rings. The molecule has 0 aliphatic heterocycles. The van der Waals surface area contributed by atoms with Crippen molar-refractivity contribution in [3.8, 4) is 0 Å². The molecule has 0 unspecified atom stereocenters. The summed E-state index contributed by atoms with van der Waals surface area (Å²) in [6.07, 6.45) is 0.654. The fraction of sp³-hybridized carbons (Fsp3) is 0.500. The van der Waals surface area contributed by atoms with Crippen molar-refractivity contribution in [2.24, 2.45) is 10.6 Å². The van der Waals surface area contributed by atoms with E-state index in [1.54, 1.807) is 0 Å². The number of ether oxygens (including phenoxy) is 1. The molecule has 1 rings (SSSR count). The van der Waals surface area contributed by atoms with Crippen molar-refractivity contribution in [3.63, 3.8) is 0 Å². The number of rotatable bonds is 4. The Hall–Kier alpha value is -1.47. The van der Waals surface area contributed by atoms with Gasteiger partial charge in [-0.15, -0.1) is 0 Å². The van der Waals surface area contributed by atoms with Crippen molar-refractivity contribution in [1.82, 2.24) is 0 Å². The molecule has 0 heterocycles. The van der Waals surface area contributed by atoms with E-state index in [9.17, 15) is 17.6 Å². The summed E-state index contributed by atoms with van der Waals surface area (Å²) in [7, 11) is -4.24. The summed E-state index contributed by atoms with van der Waals surface area (Å²) in [5.41, 5.74) is -0.0128. The number of halogens is 1. The van der Waals surface area contributed by atoms with Gasteiger partial charge in [-0.2, -0.15) is 0 Å². The molecule has 21 heavy (non-hydrogen) atoms. The number of nitrogens with two attached hydrogens (primary N) is 1. The van der Waals surface area contributed by atoms with E-state index in [1.807, 2.05) is 20.8 Å². The van der Waals surface area contributed by atoms with Crippen molar-refractivity contribution < 1.29 is 22.3 Å². The smallest absolute Gasteiger partial charge is 0.338 e. The van der Waals surface area contributed by atoms with Gasteiger partial charge >= 0.3 is 5.97 Å². The minimum absolute atomic E-state index is 0.00471. The van der Waals surface area contributed by atoms with Gasteiger partial charge in [0.1, 0.15) is 10.7 Å². The summed E-state index contributed by atoms with van der Waals surface area (Å²) in [5.74, 6) is -1.66. The van der Waals surface area contributed by atoms with Crippen LogP contribution in [0.2, 0.25) is 0 Å². The molecule has 0 saturated carbocycles. The molecule has 0 atom stereocenters. The summed E-state index contributed by atoms with van der Waals surface area (Å²) in [5, 5.41) is 4.93. The average Bonchev–Trinajstić information content (AvgIpc) is 2.29. The van der Waals surface area contributed by atoms with E-state index in [0.717, 1.165) is 6.07 Å². The lowest BCUT2D eigenvalue weighted by Gasteiger charge is -2.17. The van der Waals surface area contributed by atoms with Crippen molar-refractivity contribution in [2.75, 3.05) is 6.61 Å². The highest BCUT2D eigenvalue weighted by Gasteiger charge is 2.21. The van der Waals surface area contributed by atoms with Crippen molar-refractivity contribution in [3.05, 3.63) is 29.1 Å². The highest BCUT2D eigenvalue weighted by Crippen LogP contribution is 2.21. The number of carbonyl (C=O) groups excluding carboxylic acids is 1. The highest BCUT2D eigenvalue weighted by atomic mass is 32.2. The monoisotopic (exact) mass is 317 g/mol. The molecule has 0 saturated heterocycles. The Morgan fingerprint density at radius 3 is 2.38 bits per heavy atom. The summed E-state index contributed by atoms with van der Waals surface area (Å²) in [6, 6.07) is 2.14. The van der Waals surface area contributed by atoms with Crippen LogP contribution in [-0.2, 0) is 14.8 Å². The normalized spacial score (nSPS) is 12.3. The zero-order valence-electron chi connectivity index (χ0n) is 12.6. The maximum atomic E-state index is 13.7. The molecule has 0 aromatic heterocycles. The average molecular weight is 317 g/mol. The lowest BCUT2D eigenvalue weighted by molar-refractivity contribution is 0.0464. The molecule has 0 spiro atoms. The molecule has 0 radical (unpaired) electrons. The molecule has 2 N–H and O–H groups in total. The fourth-order valence-electron chi connectivity index (χ4n) is 1.60. The van der Waals surface area contributed by atoms with Crippen LogP contribution in [0, 0.1) is 18.2 Å². The molecule has 1 aromatic rings. The second kappa shape index (κ2) is 6.11. The van der Waals surface area contributed by atoms with Gasteiger partial charge in [0.15, 0.2) is 0 Å². The summed E-state index contributed by atoms with van der Waals surface area (Å²) < 4.78 is 41.4. The number of primary sulfonamides is 1. The Kier molecular flexibility index (Phi) is 5.11. The number of carbonyl (C=O) groups is 1. The van der Waals surface area contributed by atoms with Gasteiger partial charge < -0.3 is 4.74 Å². The Bertz CT molecular complexity index is 648. The predicted octanol–water partition coefficient (Wildman–Crippen LogP) is 2.37. The molecule has 0 amide bonds. The minimum Gasteiger partial charge on any atom is -0.462 e. The summed E-state index contributed by atoms with van der Waals surface area (Å²) in [6.45, 7) is 7.56. The maximum absolute atomic E-state index is 13.7. The van der Waals surface area contributed by atoms with E-state index < -0.39 is 26.7 Å². The number of hydrogen-bond donors (Lipinski definition) is 1. The highest BCUT2D eigenvalue weighted by molar-refractivity contribution is 7.89. The van der Waals surface area contributed by atoms with Crippen LogP contribution in [0.5, 0.6) is 0 Å². The fourth-order valence-corrected chi connectivity index (χ4v) is 2.30. The summed E-state index contributed by atoms with van der Waals surface area (Å²) in [4.78, 5) is 11.2. The molecule has 0 aliphatic rings. The van der Waals surface area contributed by atoms with Crippen molar-refractivity contribution in [2.45, 2.75) is 39.0 Å². The predicted molar refractivity (Wildman–Crippen MR) is 76.9 cm³/mol. The number of hydrogen-bond acceptors (Lipinski definition) is 4. The standard InChI is InChI=1S/C14H20FNO4S/c1-9-7-10(8-11(12(9)15)21(16,18)19)13(17)20-6-5-14(2,3)4/h7-8H,5-6H2,1-4H3,(H2,16,18,19). The van der Waals surface area contributed by atoms with Crippen LogP contribution in [0.3, 0.4) is 0 Å². The van der Waals surface area contributed by atoms with Crippen LogP contribution in [0.4, 0.5) is 4.39 Å². The van der Waals surface area contributed by atoms with Crippen LogP contribution in [0.15, 0.2) is 17.0 Å². The number of esters is 1. The third-order valence-corrected chi connectivity index (χ3v) is 3.76. The molecule has 1 aromatic carbocycles. The zero-order chi connectivity index (χ0) is 16.4. The van der Waals surface area contributed by atoms with Crippen LogP contribution >= 0.6 is 0 Å². The molecule has 5 nitrogen and oxygen atoms in total. The lowest BCUT2D eigenvalue weighted by atomic mass is 9.93. The molecule has 118 valence electrons. The first-order chi connectivity index (χ1) is 9.42. The molecule has 0 aliphatic carbocycles. The van der Waals surface area contributed by atoms with E-state index in [0.29, 0.717) is 6.42 Å². The maximum Gasteiger partial charge on any atom is 0.338 e. The van der Waals surface area contributed by atoms with Crippen molar-refractivity contribution >= 4 is 16.0 Å². The van der Waals surface area contributed by atoms with E-state index in [1.165, 1.54) is 13.0 Å². The van der Waals surface area contributed by atoms with E-state index >= 15 is 0 Å². The van der Waals surface area contributed by atoms with Gasteiger partial charge in [0.2, 0.25) is 10.0 Å². The van der Waals surface area contributed by atoms with Crippen LogP contribution in [0.1, 0.15) is 43.1 Å². The van der Waals surface area contributed by atoms with Gasteiger partial charge in [-0.3, -0.25) is 0 Å². The summed E-state index contributed by atoms with van der Waals surface area (Å²) >= 11 is 0. The third-order valence-electron chi connectivity index (χ3n) is 2.85. The van der Waals surface area contributed by atoms with Gasteiger partial charge in [-0.05, 0) is 36.5 Å². The minimum atomic E-state index is -4.24. The molecule has 7 heteroatoms. The zero-order valence-corrected chi connectivity index (χ0v) is 13.4. The van der Waals surface area contributed by atoms with E-state index in [-0.39, 0.29) is 23.1 Å². The van der Waals surface area contributed by atoms with Crippen molar-refractivity contribution in [1.29, 1.82) is 0 Å². The Labute approximate surface area is 124 Å². The topological polar surface area (TPSA) is 86.5 Å². The Morgan fingerprint density at radius 2 is 1.90 bits per heavy atom. The van der Waals surface area contributed by atoms with Gasteiger partial charge in [0.25, 0.3) is 0 Å². The first kappa shape index (κ1) is 17.6. The van der Waals surface area contributed by atoms with Crippen LogP contribution in [-0.4, -0.2) is 21.0 Å². The molecule has 0 bridgehead atoms. The van der Waals surface area contributed by atoms with Gasteiger partial charge in [0.05, 0.1) is 12.2 Å². The molecular weight excluding hydrogens is 297 g/mol. The first-order valence-corrected chi connectivity index (χ1v) is 7.96. The Balaban J connectivity index is 2.99. The second-order valence-electron chi connectivity index (χ2n) is 6.10. The van der Waals surface area contributed by atoms with E-state index in [4.69, 9.17) is 9.88 Å². The first-order valence-electron chi connectivity index (χ1n) is 6.42. The second-order valence-corrected chi connectivity index (χ2v) is 7.63. The quantitative estimate of drug-likeness (QED) is 0.864. The Morgan fingerprint density at radius 1 is 1.33 bits per heavy atom. The van der Waals surface area contributed by atoms with Gasteiger partial charge in [-0.25, -0.2) is 22.7 Å². The number of benzene rings is 1. The van der Waals surface area contributed by atoms with Crippen LogP contribution in [0.25, 0.3) is 0 Å². The SMILES string of the molecule is Cc1cc(C(=O)OCCC(C)(C)C)cc(S(N)(=O)=O)c1F.